The number of hydrogen-bond acceptors (Lipinski definition) is 10. The summed E-state index contributed by atoms with van der Waals surface area (Å²) in [6.45, 7) is 4.85. The van der Waals surface area contributed by atoms with Crippen LogP contribution in [0.1, 0.15) is 39.4 Å². The fraction of sp³-hybridized carbons (Fsp3) is 0.364. The molecule has 2 N–H and O–H groups in total. The second kappa shape index (κ2) is 11.8. The van der Waals surface area contributed by atoms with E-state index in [1.54, 1.807) is 21.0 Å². The number of nitrogens with zero attached hydrogens (tertiary/aromatic N) is 3. The molecule has 0 aliphatic heterocycles. The maximum Gasteiger partial charge on any atom is 0.348 e. The van der Waals surface area contributed by atoms with Crippen LogP contribution in [0.3, 0.4) is 0 Å². The number of carbonyl (C=O) groups excluding carboxylic acids is 2. The predicted molar refractivity (Wildman–Crippen MR) is 128 cm³/mol. The highest BCUT2D eigenvalue weighted by Gasteiger charge is 2.28. The molecule has 0 spiro atoms. The number of aromatic nitrogens is 3. The number of methoxy groups -OCH3 is 1. The number of esters is 2. The molecule has 0 unspecified atom stereocenters. The number of ether oxygens (including phenoxy) is 3. The van der Waals surface area contributed by atoms with Crippen LogP contribution in [0.4, 0.5) is 5.00 Å². The van der Waals surface area contributed by atoms with Crippen LogP contribution in [-0.4, -0.2) is 53.6 Å². The molecule has 11 heteroatoms. The third-order valence-electron chi connectivity index (χ3n) is 4.59. The Labute approximate surface area is 200 Å². The smallest absolute Gasteiger partial charge is 0.348 e. The van der Waals surface area contributed by atoms with Gasteiger partial charge in [0, 0.05) is 24.0 Å². The Bertz CT molecular complexity index is 1100. The van der Waals surface area contributed by atoms with Crippen molar-refractivity contribution in [3.63, 3.8) is 0 Å². The van der Waals surface area contributed by atoms with Crippen LogP contribution in [0.2, 0.25) is 0 Å². The van der Waals surface area contributed by atoms with Gasteiger partial charge in [-0.2, -0.15) is 0 Å². The van der Waals surface area contributed by atoms with Gasteiger partial charge in [0.1, 0.15) is 9.88 Å². The summed E-state index contributed by atoms with van der Waals surface area (Å²) < 4.78 is 17.6. The molecule has 9 nitrogen and oxygen atoms in total. The lowest BCUT2D eigenvalue weighted by molar-refractivity contribution is 0.0527. The molecule has 0 saturated carbocycles. The summed E-state index contributed by atoms with van der Waals surface area (Å²) in [4.78, 5) is 25.4. The largest absolute Gasteiger partial charge is 0.462 e. The Morgan fingerprint density at radius 1 is 1.09 bits per heavy atom. The molecule has 3 rings (SSSR count). The minimum absolute atomic E-state index is 0.196. The highest BCUT2D eigenvalue weighted by molar-refractivity contribution is 7.98. The van der Waals surface area contributed by atoms with Crippen molar-refractivity contribution in [2.24, 2.45) is 0 Å². The predicted octanol–water partition coefficient (Wildman–Crippen LogP) is 3.88. The molecule has 0 aliphatic rings. The normalized spacial score (nSPS) is 10.9. The Kier molecular flexibility index (Phi) is 8.87. The van der Waals surface area contributed by atoms with Gasteiger partial charge in [-0.05, 0) is 13.8 Å². The van der Waals surface area contributed by atoms with E-state index in [1.165, 1.54) is 11.8 Å². The molecule has 176 valence electrons. The first-order valence-electron chi connectivity index (χ1n) is 10.4. The van der Waals surface area contributed by atoms with Crippen LogP contribution in [0.15, 0.2) is 35.5 Å². The third kappa shape index (κ3) is 5.73. The van der Waals surface area contributed by atoms with Crippen LogP contribution in [0.5, 0.6) is 0 Å². The summed E-state index contributed by atoms with van der Waals surface area (Å²) in [7, 11) is 1.63. The molecule has 33 heavy (non-hydrogen) atoms. The second-order valence-corrected chi connectivity index (χ2v) is 8.69. The van der Waals surface area contributed by atoms with Gasteiger partial charge in [0.05, 0.1) is 31.9 Å². The van der Waals surface area contributed by atoms with E-state index in [0.717, 1.165) is 16.9 Å². The fourth-order valence-corrected chi connectivity index (χ4v) is 5.18. The van der Waals surface area contributed by atoms with Crippen molar-refractivity contribution in [1.82, 2.24) is 14.8 Å². The van der Waals surface area contributed by atoms with E-state index >= 15 is 0 Å². The number of rotatable bonds is 11. The quantitative estimate of drug-likeness (QED) is 0.315. The summed E-state index contributed by atoms with van der Waals surface area (Å²) in [5, 5.41) is 9.56. The standard InChI is InChI=1S/C22H26N4O5S2/c1-4-30-20(27)16-15(17(33-18(16)23)21(28)31-5-2)13-32-22-25-24-19(26(22)11-12-29-3)14-9-7-6-8-10-14/h6-10H,4-5,11-13,23H2,1-3H3. The highest BCUT2D eigenvalue weighted by Crippen LogP contribution is 2.37. The molecule has 0 radical (unpaired) electrons. The number of carbonyl (C=O) groups is 2. The van der Waals surface area contributed by atoms with Crippen molar-refractivity contribution in [2.75, 3.05) is 32.7 Å². The van der Waals surface area contributed by atoms with Crippen LogP contribution in [-0.2, 0) is 26.5 Å². The average Bonchev–Trinajstić information content (AvgIpc) is 3.37. The number of thiophene rings is 1. The van der Waals surface area contributed by atoms with Crippen LogP contribution in [0, 0.1) is 0 Å². The van der Waals surface area contributed by atoms with E-state index in [1.807, 2.05) is 34.9 Å². The number of anilines is 1. The van der Waals surface area contributed by atoms with Crippen LogP contribution in [0.25, 0.3) is 11.4 Å². The summed E-state index contributed by atoms with van der Waals surface area (Å²) in [6, 6.07) is 9.72. The molecule has 0 aliphatic carbocycles. The zero-order valence-electron chi connectivity index (χ0n) is 18.7. The lowest BCUT2D eigenvalue weighted by Gasteiger charge is -2.11. The van der Waals surface area contributed by atoms with Gasteiger partial charge in [-0.1, -0.05) is 42.1 Å². The van der Waals surface area contributed by atoms with Crippen molar-refractivity contribution in [2.45, 2.75) is 31.3 Å². The molecular formula is C22H26N4O5S2. The van der Waals surface area contributed by atoms with Crippen molar-refractivity contribution < 1.29 is 23.8 Å². The summed E-state index contributed by atoms with van der Waals surface area (Å²) in [5.74, 6) is -0.124. The number of nitrogen functional groups attached to an aromatic ring is 1. The molecule has 0 fully saturated rings. The zero-order valence-corrected chi connectivity index (χ0v) is 20.3. The SMILES string of the molecule is CCOC(=O)c1sc(N)c(C(=O)OCC)c1CSc1nnc(-c2ccccc2)n1CCOC. The second-order valence-electron chi connectivity index (χ2n) is 6.70. The molecule has 2 aromatic heterocycles. The fourth-order valence-electron chi connectivity index (χ4n) is 3.13. The number of hydrogen-bond donors (Lipinski definition) is 1. The minimum Gasteiger partial charge on any atom is -0.462 e. The third-order valence-corrected chi connectivity index (χ3v) is 6.62. The van der Waals surface area contributed by atoms with E-state index in [2.05, 4.69) is 10.2 Å². The van der Waals surface area contributed by atoms with E-state index in [0.29, 0.717) is 29.7 Å². The summed E-state index contributed by atoms with van der Waals surface area (Å²) in [5.41, 5.74) is 7.70. The lowest BCUT2D eigenvalue weighted by Crippen LogP contribution is -2.11. The zero-order chi connectivity index (χ0) is 23.8. The topological polar surface area (TPSA) is 119 Å². The van der Waals surface area contributed by atoms with Gasteiger partial charge in [-0.25, -0.2) is 9.59 Å². The number of thioether (sulfide) groups is 1. The molecule has 0 bridgehead atoms. The van der Waals surface area contributed by atoms with Gasteiger partial charge < -0.3 is 19.9 Å². The van der Waals surface area contributed by atoms with E-state index in [9.17, 15) is 9.59 Å². The molecule has 0 atom stereocenters. The monoisotopic (exact) mass is 490 g/mol. The first kappa shape index (κ1) is 24.7. The first-order valence-corrected chi connectivity index (χ1v) is 12.2. The van der Waals surface area contributed by atoms with Crippen molar-refractivity contribution >= 4 is 40.0 Å². The van der Waals surface area contributed by atoms with Gasteiger partial charge in [0.15, 0.2) is 11.0 Å². The molecule has 1 aromatic carbocycles. The number of nitrogens with two attached hydrogens (primary N) is 1. The minimum atomic E-state index is -0.566. The Hall–Kier alpha value is -2.89. The van der Waals surface area contributed by atoms with Crippen molar-refractivity contribution in [3.05, 3.63) is 46.3 Å². The summed E-state index contributed by atoms with van der Waals surface area (Å²) >= 11 is 2.37. The molecular weight excluding hydrogens is 464 g/mol. The van der Waals surface area contributed by atoms with Gasteiger partial charge in [-0.3, -0.25) is 4.57 Å². The molecule has 3 aromatic rings. The van der Waals surface area contributed by atoms with Gasteiger partial charge >= 0.3 is 11.9 Å². The van der Waals surface area contributed by atoms with Gasteiger partial charge in [0.2, 0.25) is 0 Å². The van der Waals surface area contributed by atoms with Crippen LogP contribution < -0.4 is 5.73 Å². The average molecular weight is 491 g/mol. The Morgan fingerprint density at radius 3 is 2.45 bits per heavy atom. The van der Waals surface area contributed by atoms with Gasteiger partial charge in [0.25, 0.3) is 0 Å². The van der Waals surface area contributed by atoms with E-state index in [4.69, 9.17) is 19.9 Å². The van der Waals surface area contributed by atoms with E-state index < -0.39 is 11.9 Å². The lowest BCUT2D eigenvalue weighted by atomic mass is 10.1. The summed E-state index contributed by atoms with van der Waals surface area (Å²) in [6.07, 6.45) is 0. The Morgan fingerprint density at radius 2 is 1.79 bits per heavy atom. The maximum absolute atomic E-state index is 12.6. The van der Waals surface area contributed by atoms with E-state index in [-0.39, 0.29) is 34.4 Å². The highest BCUT2D eigenvalue weighted by atomic mass is 32.2. The first-order chi connectivity index (χ1) is 16.0. The molecule has 0 saturated heterocycles. The number of benzene rings is 1. The van der Waals surface area contributed by atoms with Crippen molar-refractivity contribution in [1.29, 1.82) is 0 Å². The van der Waals surface area contributed by atoms with Gasteiger partial charge in [-0.15, -0.1) is 21.5 Å². The molecule has 0 amide bonds. The maximum atomic E-state index is 12.6. The van der Waals surface area contributed by atoms with Crippen molar-refractivity contribution in [3.8, 4) is 11.4 Å². The molecule has 2 heterocycles. The Balaban J connectivity index is 1.96. The van der Waals surface area contributed by atoms with Crippen LogP contribution >= 0.6 is 23.1 Å².